The van der Waals surface area contributed by atoms with Crippen LogP contribution in [-0.4, -0.2) is 39.9 Å². The Morgan fingerprint density at radius 3 is 2.70 bits per heavy atom. The summed E-state index contributed by atoms with van der Waals surface area (Å²) in [6.45, 7) is 10.5. The molecular formula is C21H28N4O5. The van der Waals surface area contributed by atoms with Crippen LogP contribution in [0.2, 0.25) is 0 Å². The summed E-state index contributed by atoms with van der Waals surface area (Å²) in [5.41, 5.74) is 0.967. The van der Waals surface area contributed by atoms with E-state index in [0.29, 0.717) is 29.3 Å². The van der Waals surface area contributed by atoms with Crippen molar-refractivity contribution in [3.05, 3.63) is 45.1 Å². The molecule has 0 aliphatic carbocycles. The standard InChI is InChI=1S/C21H28N4O5/c1-13-11-15(8-9-17(13)25(27)28)30-20-14(2)18(23-24(20)21(3,4)5)19(26)22-12-16-7-6-10-29-16/h8-9,11,16H,6-7,10,12H2,1-5H3,(H,22,26)/t16-/m0/s1. The van der Waals surface area contributed by atoms with Gasteiger partial charge in [-0.15, -0.1) is 0 Å². The predicted molar refractivity (Wildman–Crippen MR) is 111 cm³/mol. The highest BCUT2D eigenvalue weighted by atomic mass is 16.6. The van der Waals surface area contributed by atoms with Gasteiger partial charge in [0.1, 0.15) is 5.75 Å². The number of amides is 1. The first kappa shape index (κ1) is 21.8. The van der Waals surface area contributed by atoms with E-state index in [9.17, 15) is 14.9 Å². The van der Waals surface area contributed by atoms with Gasteiger partial charge in [0.05, 0.1) is 16.6 Å². The molecule has 1 saturated heterocycles. The molecule has 9 nitrogen and oxygen atoms in total. The lowest BCUT2D eigenvalue weighted by molar-refractivity contribution is -0.385. The average molecular weight is 416 g/mol. The maximum absolute atomic E-state index is 12.8. The molecule has 30 heavy (non-hydrogen) atoms. The third-order valence-electron chi connectivity index (χ3n) is 5.01. The van der Waals surface area contributed by atoms with E-state index in [1.807, 2.05) is 20.8 Å². The van der Waals surface area contributed by atoms with Gasteiger partial charge in [-0.3, -0.25) is 14.9 Å². The predicted octanol–water partition coefficient (Wildman–Crippen LogP) is 3.86. The molecule has 0 saturated carbocycles. The Morgan fingerprint density at radius 1 is 1.40 bits per heavy atom. The van der Waals surface area contributed by atoms with Crippen molar-refractivity contribution in [3.8, 4) is 11.6 Å². The van der Waals surface area contributed by atoms with Gasteiger partial charge in [0.2, 0.25) is 5.88 Å². The topological polar surface area (TPSA) is 109 Å². The smallest absolute Gasteiger partial charge is 0.272 e. The highest BCUT2D eigenvalue weighted by Crippen LogP contribution is 2.33. The zero-order chi connectivity index (χ0) is 22.1. The van der Waals surface area contributed by atoms with Crippen LogP contribution in [0.4, 0.5) is 5.69 Å². The Balaban J connectivity index is 1.88. The number of nitro benzene ring substituents is 1. The van der Waals surface area contributed by atoms with Gasteiger partial charge in [0.15, 0.2) is 5.69 Å². The number of benzene rings is 1. The lowest BCUT2D eigenvalue weighted by atomic mass is 10.1. The third kappa shape index (κ3) is 4.62. The van der Waals surface area contributed by atoms with Gasteiger partial charge in [0.25, 0.3) is 11.6 Å². The molecule has 1 atom stereocenters. The molecule has 2 heterocycles. The molecule has 1 aromatic carbocycles. The first-order valence-corrected chi connectivity index (χ1v) is 10.0. The number of nitrogens with one attached hydrogen (secondary N) is 1. The fourth-order valence-electron chi connectivity index (χ4n) is 3.37. The molecule has 0 radical (unpaired) electrons. The highest BCUT2D eigenvalue weighted by molar-refractivity contribution is 5.94. The molecule has 1 amide bonds. The molecule has 0 bridgehead atoms. The number of ether oxygens (including phenoxy) is 2. The van der Waals surface area contributed by atoms with E-state index in [1.54, 1.807) is 30.7 Å². The van der Waals surface area contributed by atoms with Crippen molar-refractivity contribution in [1.82, 2.24) is 15.1 Å². The Morgan fingerprint density at radius 2 is 2.13 bits per heavy atom. The van der Waals surface area contributed by atoms with Crippen LogP contribution in [0.1, 0.15) is 55.2 Å². The summed E-state index contributed by atoms with van der Waals surface area (Å²) >= 11 is 0. The summed E-state index contributed by atoms with van der Waals surface area (Å²) in [5, 5.41) is 18.5. The SMILES string of the molecule is Cc1cc(Oc2c(C)c(C(=O)NC[C@@H]3CCCO3)nn2C(C)(C)C)ccc1[N+](=O)[O-]. The maximum atomic E-state index is 12.8. The lowest BCUT2D eigenvalue weighted by Crippen LogP contribution is -2.32. The molecule has 1 N–H and O–H groups in total. The fourth-order valence-corrected chi connectivity index (χ4v) is 3.37. The Bertz CT molecular complexity index is 955. The minimum atomic E-state index is -0.441. The molecule has 0 spiro atoms. The van der Waals surface area contributed by atoms with Crippen LogP contribution in [0.25, 0.3) is 0 Å². The number of carbonyl (C=O) groups is 1. The zero-order valence-corrected chi connectivity index (χ0v) is 18.0. The molecule has 0 unspecified atom stereocenters. The number of hydrogen-bond acceptors (Lipinski definition) is 6. The molecule has 3 rings (SSSR count). The van der Waals surface area contributed by atoms with Crippen LogP contribution in [-0.2, 0) is 10.3 Å². The molecule has 1 aliphatic rings. The Labute approximate surface area is 175 Å². The number of rotatable bonds is 6. The quantitative estimate of drug-likeness (QED) is 0.566. The van der Waals surface area contributed by atoms with Crippen molar-refractivity contribution < 1.29 is 19.2 Å². The van der Waals surface area contributed by atoms with Crippen LogP contribution in [0.5, 0.6) is 11.6 Å². The van der Waals surface area contributed by atoms with Crippen LogP contribution >= 0.6 is 0 Å². The molecule has 9 heteroatoms. The zero-order valence-electron chi connectivity index (χ0n) is 18.0. The first-order valence-electron chi connectivity index (χ1n) is 10.0. The van der Waals surface area contributed by atoms with Crippen LogP contribution in [0, 0.1) is 24.0 Å². The molecular weight excluding hydrogens is 388 g/mol. The van der Waals surface area contributed by atoms with Crippen LogP contribution in [0.15, 0.2) is 18.2 Å². The molecule has 162 valence electrons. The number of aromatic nitrogens is 2. The highest BCUT2D eigenvalue weighted by Gasteiger charge is 2.28. The second kappa shape index (κ2) is 8.43. The summed E-state index contributed by atoms with van der Waals surface area (Å²) in [4.78, 5) is 23.4. The Hall–Kier alpha value is -2.94. The molecule has 1 fully saturated rings. The molecule has 2 aromatic rings. The summed E-state index contributed by atoms with van der Waals surface area (Å²) in [5.74, 6) is 0.590. The average Bonchev–Trinajstić information content (AvgIpc) is 3.28. The van der Waals surface area contributed by atoms with E-state index in [4.69, 9.17) is 9.47 Å². The van der Waals surface area contributed by atoms with E-state index >= 15 is 0 Å². The van der Waals surface area contributed by atoms with Crippen molar-refractivity contribution in [1.29, 1.82) is 0 Å². The fraction of sp³-hybridized carbons (Fsp3) is 0.524. The van der Waals surface area contributed by atoms with E-state index in [2.05, 4.69) is 10.4 Å². The van der Waals surface area contributed by atoms with Crippen molar-refractivity contribution in [3.63, 3.8) is 0 Å². The van der Waals surface area contributed by atoms with Gasteiger partial charge < -0.3 is 14.8 Å². The minimum Gasteiger partial charge on any atom is -0.439 e. The van der Waals surface area contributed by atoms with Crippen LogP contribution in [0.3, 0.4) is 0 Å². The van der Waals surface area contributed by atoms with Gasteiger partial charge in [-0.1, -0.05) is 0 Å². The van der Waals surface area contributed by atoms with Crippen molar-refractivity contribution in [2.45, 2.75) is 59.1 Å². The van der Waals surface area contributed by atoms with Crippen molar-refractivity contribution in [2.24, 2.45) is 0 Å². The van der Waals surface area contributed by atoms with Gasteiger partial charge in [0, 0.05) is 30.3 Å². The van der Waals surface area contributed by atoms with E-state index in [1.165, 1.54) is 6.07 Å². The number of nitro groups is 1. The monoisotopic (exact) mass is 416 g/mol. The maximum Gasteiger partial charge on any atom is 0.272 e. The Kier molecular flexibility index (Phi) is 6.12. The van der Waals surface area contributed by atoms with Gasteiger partial charge in [-0.2, -0.15) is 5.10 Å². The number of nitrogens with zero attached hydrogens (tertiary/aromatic N) is 3. The van der Waals surface area contributed by atoms with Crippen molar-refractivity contribution in [2.75, 3.05) is 13.2 Å². The number of carbonyl (C=O) groups excluding carboxylic acids is 1. The largest absolute Gasteiger partial charge is 0.439 e. The lowest BCUT2D eigenvalue weighted by Gasteiger charge is -2.22. The summed E-state index contributed by atoms with van der Waals surface area (Å²) < 4.78 is 13.3. The first-order chi connectivity index (χ1) is 14.1. The second-order valence-corrected chi connectivity index (χ2v) is 8.51. The van der Waals surface area contributed by atoms with E-state index in [0.717, 1.165) is 19.4 Å². The van der Waals surface area contributed by atoms with Gasteiger partial charge >= 0.3 is 0 Å². The van der Waals surface area contributed by atoms with Crippen molar-refractivity contribution >= 4 is 11.6 Å². The number of hydrogen-bond donors (Lipinski definition) is 1. The summed E-state index contributed by atoms with van der Waals surface area (Å²) in [6, 6.07) is 4.56. The van der Waals surface area contributed by atoms with Crippen LogP contribution < -0.4 is 10.1 Å². The molecule has 1 aromatic heterocycles. The second-order valence-electron chi connectivity index (χ2n) is 8.51. The number of aryl methyl sites for hydroxylation is 1. The normalized spacial score (nSPS) is 16.5. The van der Waals surface area contributed by atoms with E-state index in [-0.39, 0.29) is 23.4 Å². The van der Waals surface area contributed by atoms with Gasteiger partial charge in [-0.05, 0) is 59.6 Å². The van der Waals surface area contributed by atoms with Gasteiger partial charge in [-0.25, -0.2) is 4.68 Å². The molecule has 1 aliphatic heterocycles. The minimum absolute atomic E-state index is 0.0256. The summed E-state index contributed by atoms with van der Waals surface area (Å²) in [7, 11) is 0. The summed E-state index contributed by atoms with van der Waals surface area (Å²) in [6.07, 6.45) is 1.98. The third-order valence-corrected chi connectivity index (χ3v) is 5.01. The van der Waals surface area contributed by atoms with E-state index < -0.39 is 10.5 Å².